The van der Waals surface area contributed by atoms with Crippen LogP contribution in [0.2, 0.25) is 0 Å². The summed E-state index contributed by atoms with van der Waals surface area (Å²) < 4.78 is 0. The number of benzene rings is 4. The lowest BCUT2D eigenvalue weighted by Gasteiger charge is -2.36. The van der Waals surface area contributed by atoms with Crippen molar-refractivity contribution >= 4 is 30.6 Å². The van der Waals surface area contributed by atoms with Crippen LogP contribution < -0.4 is 10.4 Å². The van der Waals surface area contributed by atoms with Gasteiger partial charge in [-0.25, -0.2) is 0 Å². The Morgan fingerprint density at radius 1 is 0.355 bits per heavy atom. The molecule has 0 saturated heterocycles. The fourth-order valence-electron chi connectivity index (χ4n) is 5.11. The highest BCUT2D eigenvalue weighted by molar-refractivity contribution is 7.13. The van der Waals surface area contributed by atoms with Crippen LogP contribution in [0.3, 0.4) is 0 Å². The van der Waals surface area contributed by atoms with E-state index in [1.54, 1.807) is 0 Å². The molecule has 0 heterocycles. The van der Waals surface area contributed by atoms with Crippen LogP contribution in [-0.2, 0) is 0 Å². The predicted octanol–water partition coefficient (Wildman–Crippen LogP) is 5.63. The van der Waals surface area contributed by atoms with E-state index in [2.05, 4.69) is 134 Å². The smallest absolute Gasteiger partial charge is 0.0623 e. The molecule has 2 aliphatic rings. The van der Waals surface area contributed by atoms with Gasteiger partial charge in [0.15, 0.2) is 8.07 Å². The molecule has 1 heteroatoms. The van der Waals surface area contributed by atoms with Gasteiger partial charge >= 0.3 is 0 Å². The molecule has 2 radical (unpaired) electrons. The monoisotopic (exact) mass is 410 g/mol. The third-order valence-electron chi connectivity index (χ3n) is 6.52. The van der Waals surface area contributed by atoms with Crippen molar-refractivity contribution in [3.63, 3.8) is 0 Å². The van der Waals surface area contributed by atoms with Crippen molar-refractivity contribution in [2.45, 2.75) is 0 Å². The average Bonchev–Trinajstić information content (AvgIpc) is 3.46. The normalized spacial score (nSPS) is 14.6. The summed E-state index contributed by atoms with van der Waals surface area (Å²) in [7, 11) is -2.47. The fourth-order valence-corrected chi connectivity index (χ4v) is 9.98. The van der Waals surface area contributed by atoms with E-state index >= 15 is 0 Å². The first-order valence-corrected chi connectivity index (χ1v) is 12.8. The number of hydrogen-bond donors (Lipinski definition) is 0. The zero-order chi connectivity index (χ0) is 20.7. The van der Waals surface area contributed by atoms with Crippen LogP contribution in [0.25, 0.3) is 12.2 Å². The first-order chi connectivity index (χ1) is 15.4. The lowest BCUT2D eigenvalue weighted by molar-refractivity contribution is 1.50. The summed E-state index contributed by atoms with van der Waals surface area (Å²) >= 11 is 0. The number of rotatable bonds is 4. The first kappa shape index (κ1) is 18.4. The molecular weight excluding hydrogens is 388 g/mol. The Kier molecular flexibility index (Phi) is 4.36. The topological polar surface area (TPSA) is 0 Å². The molecule has 31 heavy (non-hydrogen) atoms. The molecule has 6 rings (SSSR count). The zero-order valence-electron chi connectivity index (χ0n) is 17.2. The van der Waals surface area contributed by atoms with Crippen LogP contribution in [0.1, 0.15) is 22.3 Å². The molecular formula is C30H22Si. The molecule has 0 atom stereocenters. The van der Waals surface area contributed by atoms with Crippen molar-refractivity contribution in [2.24, 2.45) is 0 Å². The summed E-state index contributed by atoms with van der Waals surface area (Å²) in [6.07, 6.45) is 9.72. The van der Waals surface area contributed by atoms with E-state index in [0.717, 1.165) is 0 Å². The van der Waals surface area contributed by atoms with Crippen LogP contribution in [0, 0.1) is 12.8 Å². The Bertz CT molecular complexity index is 1210. The summed E-state index contributed by atoms with van der Waals surface area (Å²) in [5.41, 5.74) is 5.27. The molecule has 0 N–H and O–H groups in total. The van der Waals surface area contributed by atoms with Gasteiger partial charge in [-0.1, -0.05) is 132 Å². The Hall–Kier alpha value is -3.42. The minimum Gasteiger partial charge on any atom is -0.0623 e. The van der Waals surface area contributed by atoms with Gasteiger partial charge in [-0.05, 0) is 32.6 Å². The molecule has 0 bridgehead atoms. The number of hydrogen-bond acceptors (Lipinski definition) is 0. The highest BCUT2D eigenvalue weighted by Gasteiger charge is 2.46. The van der Waals surface area contributed by atoms with Gasteiger partial charge in [0.2, 0.25) is 0 Å². The van der Waals surface area contributed by atoms with E-state index in [9.17, 15) is 0 Å². The highest BCUT2D eigenvalue weighted by atomic mass is 28.3. The summed E-state index contributed by atoms with van der Waals surface area (Å²) in [6.45, 7) is 0. The second kappa shape index (κ2) is 7.37. The van der Waals surface area contributed by atoms with E-state index in [4.69, 9.17) is 0 Å². The van der Waals surface area contributed by atoms with Crippen LogP contribution in [0.15, 0.2) is 120 Å². The molecule has 146 valence electrons. The van der Waals surface area contributed by atoms with Gasteiger partial charge in [-0.2, -0.15) is 0 Å². The maximum atomic E-state index is 2.43. The van der Waals surface area contributed by atoms with E-state index in [0.29, 0.717) is 0 Å². The molecule has 0 saturated carbocycles. The molecule has 0 spiro atoms. The van der Waals surface area contributed by atoms with E-state index < -0.39 is 8.07 Å². The average molecular weight is 411 g/mol. The maximum absolute atomic E-state index is 2.47. The van der Waals surface area contributed by atoms with Gasteiger partial charge in [0.1, 0.15) is 0 Å². The van der Waals surface area contributed by atoms with Crippen molar-refractivity contribution < 1.29 is 0 Å². The Morgan fingerprint density at radius 3 is 1.10 bits per heavy atom. The number of allylic oxidation sites excluding steroid dienone is 2. The molecule has 0 nitrogen and oxygen atoms in total. The quantitative estimate of drug-likeness (QED) is 0.383. The van der Waals surface area contributed by atoms with Crippen molar-refractivity contribution in [3.05, 3.63) is 155 Å². The Balaban J connectivity index is 1.65. The minimum atomic E-state index is -2.47. The van der Waals surface area contributed by atoms with Crippen LogP contribution >= 0.6 is 0 Å². The van der Waals surface area contributed by atoms with Crippen molar-refractivity contribution in [2.75, 3.05) is 0 Å². The molecule has 0 unspecified atom stereocenters. The third kappa shape index (κ3) is 2.89. The standard InChI is InChI=1S/C30H22Si/c1-3-15-27(16-4-1)31(28-17-5-2-6-18-28,29-19-23-11-7-8-12-24(23)20-29)30-21-25-13-9-10-14-26(25)22-30/h1-22H. The van der Waals surface area contributed by atoms with Crippen LogP contribution in [-0.4, -0.2) is 8.07 Å². The Labute approximate surface area is 185 Å². The summed E-state index contributed by atoms with van der Waals surface area (Å²) in [6, 6.07) is 39.8. The van der Waals surface area contributed by atoms with Gasteiger partial charge in [-0.3, -0.25) is 0 Å². The second-order valence-corrected chi connectivity index (χ2v) is 12.0. The summed E-state index contributed by atoms with van der Waals surface area (Å²) in [5, 5.41) is 5.74. The predicted molar refractivity (Wildman–Crippen MR) is 134 cm³/mol. The van der Waals surface area contributed by atoms with E-state index in [-0.39, 0.29) is 0 Å². The van der Waals surface area contributed by atoms with Gasteiger partial charge in [0.25, 0.3) is 0 Å². The van der Waals surface area contributed by atoms with Gasteiger partial charge in [-0.15, -0.1) is 0 Å². The van der Waals surface area contributed by atoms with Crippen molar-refractivity contribution in [1.82, 2.24) is 0 Å². The molecule has 0 aliphatic heterocycles. The largest absolute Gasteiger partial charge is 0.172 e. The fraction of sp³-hybridized carbons (Fsp3) is 0. The maximum Gasteiger partial charge on any atom is 0.172 e. The second-order valence-electron chi connectivity index (χ2n) is 8.23. The third-order valence-corrected chi connectivity index (χ3v) is 11.2. The lowest BCUT2D eigenvalue weighted by Crippen LogP contribution is -2.61. The van der Waals surface area contributed by atoms with Crippen molar-refractivity contribution in [3.8, 4) is 0 Å². The number of fused-ring (bicyclic) bond motifs is 2. The molecule has 0 fully saturated rings. The molecule has 4 aromatic carbocycles. The first-order valence-electron chi connectivity index (χ1n) is 10.8. The van der Waals surface area contributed by atoms with Crippen molar-refractivity contribution in [1.29, 1.82) is 0 Å². The minimum absolute atomic E-state index is 1.32. The zero-order valence-corrected chi connectivity index (χ0v) is 18.2. The summed E-state index contributed by atoms with van der Waals surface area (Å²) in [5.74, 6) is 0. The van der Waals surface area contributed by atoms with E-state index in [1.807, 2.05) is 0 Å². The SMILES string of the molecule is [CH]1C([Si](C2=Cc3ccccc3[CH]2)(c2ccccc2)c2ccccc2)=Cc2ccccc21. The van der Waals surface area contributed by atoms with Gasteiger partial charge < -0.3 is 0 Å². The van der Waals surface area contributed by atoms with Crippen LogP contribution in [0.4, 0.5) is 0 Å². The Morgan fingerprint density at radius 2 is 0.710 bits per heavy atom. The van der Waals surface area contributed by atoms with E-state index in [1.165, 1.54) is 43.0 Å². The van der Waals surface area contributed by atoms with Gasteiger partial charge in [0, 0.05) is 12.8 Å². The molecule has 0 aromatic heterocycles. The lowest BCUT2D eigenvalue weighted by atomic mass is 10.1. The molecule has 2 aliphatic carbocycles. The summed E-state index contributed by atoms with van der Waals surface area (Å²) in [4.78, 5) is 0. The van der Waals surface area contributed by atoms with Crippen LogP contribution in [0.5, 0.6) is 0 Å². The molecule has 0 amide bonds. The van der Waals surface area contributed by atoms with Gasteiger partial charge in [0.05, 0.1) is 0 Å². The molecule has 4 aromatic rings. The highest BCUT2D eigenvalue weighted by Crippen LogP contribution is 2.40.